The number of rotatable bonds is 5. The normalized spacial score (nSPS) is 26.3. The first-order valence-corrected chi connectivity index (χ1v) is 7.15. The molecule has 0 saturated heterocycles. The van der Waals surface area contributed by atoms with Crippen LogP contribution in [0.5, 0.6) is 0 Å². The molecule has 1 aliphatic carbocycles. The van der Waals surface area contributed by atoms with Crippen molar-refractivity contribution < 1.29 is 14.3 Å². The van der Waals surface area contributed by atoms with E-state index in [-0.39, 0.29) is 29.8 Å². The van der Waals surface area contributed by atoms with E-state index in [4.69, 9.17) is 10.5 Å². The van der Waals surface area contributed by atoms with E-state index in [1.807, 2.05) is 13.8 Å². The molecule has 4 atom stereocenters. The van der Waals surface area contributed by atoms with Crippen LogP contribution in [-0.2, 0) is 14.3 Å². The minimum atomic E-state index is -0.573. The van der Waals surface area contributed by atoms with E-state index < -0.39 is 6.04 Å². The second kappa shape index (κ2) is 7.48. The van der Waals surface area contributed by atoms with Gasteiger partial charge in [-0.25, -0.2) is 4.79 Å². The Kier molecular flexibility index (Phi) is 6.28. The van der Waals surface area contributed by atoms with Gasteiger partial charge in [0.25, 0.3) is 0 Å². The van der Waals surface area contributed by atoms with E-state index in [0.29, 0.717) is 0 Å². The molecule has 5 nitrogen and oxygen atoms in total. The lowest BCUT2D eigenvalue weighted by molar-refractivity contribution is -0.147. The highest BCUT2D eigenvalue weighted by molar-refractivity contribution is 5.86. The Labute approximate surface area is 115 Å². The van der Waals surface area contributed by atoms with Crippen LogP contribution in [0.1, 0.15) is 46.0 Å². The van der Waals surface area contributed by atoms with Crippen LogP contribution in [0.2, 0.25) is 0 Å². The van der Waals surface area contributed by atoms with E-state index in [0.717, 1.165) is 32.1 Å². The minimum Gasteiger partial charge on any atom is -0.467 e. The average molecular weight is 270 g/mol. The Bertz CT molecular complexity index is 320. The van der Waals surface area contributed by atoms with Crippen molar-refractivity contribution in [2.24, 2.45) is 17.6 Å². The van der Waals surface area contributed by atoms with Crippen molar-refractivity contribution in [3.05, 3.63) is 0 Å². The number of nitrogens with one attached hydrogen (secondary N) is 1. The van der Waals surface area contributed by atoms with Gasteiger partial charge in [0.15, 0.2) is 0 Å². The summed E-state index contributed by atoms with van der Waals surface area (Å²) in [5, 5.41) is 2.83. The second-order valence-electron chi connectivity index (χ2n) is 5.45. The molecule has 0 aromatic carbocycles. The highest BCUT2D eigenvalue weighted by Crippen LogP contribution is 2.23. The number of methoxy groups -OCH3 is 1. The number of esters is 1. The zero-order valence-electron chi connectivity index (χ0n) is 12.1. The monoisotopic (exact) mass is 270 g/mol. The fourth-order valence-electron chi connectivity index (χ4n) is 2.54. The molecule has 3 N–H and O–H groups in total. The zero-order chi connectivity index (χ0) is 14.4. The molecule has 1 rings (SSSR count). The third-order valence-electron chi connectivity index (χ3n) is 4.12. The molecule has 110 valence electrons. The van der Waals surface area contributed by atoms with Crippen LogP contribution >= 0.6 is 0 Å². The molecule has 1 saturated carbocycles. The number of nitrogens with two attached hydrogens (primary N) is 1. The fraction of sp³-hybridized carbons (Fsp3) is 0.857. The van der Waals surface area contributed by atoms with Gasteiger partial charge in [-0.3, -0.25) is 4.79 Å². The zero-order valence-corrected chi connectivity index (χ0v) is 12.1. The number of ether oxygens (including phenoxy) is 1. The maximum Gasteiger partial charge on any atom is 0.328 e. The van der Waals surface area contributed by atoms with Gasteiger partial charge in [0.1, 0.15) is 6.04 Å². The molecule has 0 spiro atoms. The van der Waals surface area contributed by atoms with Gasteiger partial charge < -0.3 is 15.8 Å². The summed E-state index contributed by atoms with van der Waals surface area (Å²) in [5.41, 5.74) is 6.00. The Balaban J connectivity index is 2.67. The molecule has 4 unspecified atom stereocenters. The van der Waals surface area contributed by atoms with Gasteiger partial charge in [0.2, 0.25) is 5.91 Å². The standard InChI is InChI=1S/C14H26N2O3/c1-4-9(2)12(14(18)19-3)16-13(17)10-7-5-6-8-11(10)15/h9-12H,4-8,15H2,1-3H3,(H,16,17). The van der Waals surface area contributed by atoms with Crippen molar-refractivity contribution in [3.8, 4) is 0 Å². The van der Waals surface area contributed by atoms with Gasteiger partial charge in [-0.1, -0.05) is 33.1 Å². The molecule has 0 aliphatic heterocycles. The summed E-state index contributed by atoms with van der Waals surface area (Å²) in [6.07, 6.45) is 4.59. The van der Waals surface area contributed by atoms with E-state index in [9.17, 15) is 9.59 Å². The Morgan fingerprint density at radius 1 is 1.37 bits per heavy atom. The molecular formula is C14H26N2O3. The van der Waals surface area contributed by atoms with Gasteiger partial charge in [-0.15, -0.1) is 0 Å². The quantitative estimate of drug-likeness (QED) is 0.736. The van der Waals surface area contributed by atoms with E-state index >= 15 is 0 Å². The Morgan fingerprint density at radius 3 is 2.53 bits per heavy atom. The number of amides is 1. The van der Waals surface area contributed by atoms with Crippen LogP contribution in [0.25, 0.3) is 0 Å². The first-order valence-electron chi connectivity index (χ1n) is 7.15. The van der Waals surface area contributed by atoms with Crippen LogP contribution in [0.4, 0.5) is 0 Å². The van der Waals surface area contributed by atoms with Crippen LogP contribution in [0, 0.1) is 11.8 Å². The smallest absolute Gasteiger partial charge is 0.328 e. The summed E-state index contributed by atoms with van der Waals surface area (Å²) in [5.74, 6) is -0.615. The molecule has 0 aromatic heterocycles. The van der Waals surface area contributed by atoms with Gasteiger partial charge >= 0.3 is 5.97 Å². The number of carbonyl (C=O) groups is 2. The SMILES string of the molecule is CCC(C)C(NC(=O)C1CCCCC1N)C(=O)OC. The van der Waals surface area contributed by atoms with Crippen LogP contribution in [-0.4, -0.2) is 31.1 Å². The molecule has 0 aromatic rings. The largest absolute Gasteiger partial charge is 0.467 e. The molecule has 5 heteroatoms. The van der Waals surface area contributed by atoms with E-state index in [1.54, 1.807) is 0 Å². The molecule has 1 fully saturated rings. The maximum atomic E-state index is 12.3. The van der Waals surface area contributed by atoms with Gasteiger partial charge in [0, 0.05) is 6.04 Å². The minimum absolute atomic E-state index is 0.0521. The third kappa shape index (κ3) is 4.20. The lowest BCUT2D eigenvalue weighted by Crippen LogP contribution is -2.51. The topological polar surface area (TPSA) is 81.4 Å². The summed E-state index contributed by atoms with van der Waals surface area (Å²) in [6, 6.07) is -0.666. The summed E-state index contributed by atoms with van der Waals surface area (Å²) in [4.78, 5) is 24.0. The van der Waals surface area contributed by atoms with Gasteiger partial charge in [-0.05, 0) is 18.8 Å². The summed E-state index contributed by atoms with van der Waals surface area (Å²) < 4.78 is 4.77. The van der Waals surface area contributed by atoms with Crippen molar-refractivity contribution in [3.63, 3.8) is 0 Å². The molecule has 19 heavy (non-hydrogen) atoms. The molecule has 1 aliphatic rings. The number of hydrogen-bond acceptors (Lipinski definition) is 4. The number of hydrogen-bond donors (Lipinski definition) is 2. The second-order valence-corrected chi connectivity index (χ2v) is 5.45. The highest BCUT2D eigenvalue weighted by atomic mass is 16.5. The van der Waals surface area contributed by atoms with Crippen molar-refractivity contribution in [2.45, 2.75) is 58.0 Å². The van der Waals surface area contributed by atoms with E-state index in [2.05, 4.69) is 5.32 Å². The summed E-state index contributed by atoms with van der Waals surface area (Å²) in [7, 11) is 1.34. The highest BCUT2D eigenvalue weighted by Gasteiger charge is 2.33. The van der Waals surface area contributed by atoms with E-state index in [1.165, 1.54) is 7.11 Å². The van der Waals surface area contributed by atoms with Crippen molar-refractivity contribution in [1.29, 1.82) is 0 Å². The van der Waals surface area contributed by atoms with Crippen LogP contribution in [0.15, 0.2) is 0 Å². The Morgan fingerprint density at radius 2 is 2.00 bits per heavy atom. The Hall–Kier alpha value is -1.10. The molecule has 1 amide bonds. The predicted octanol–water partition coefficient (Wildman–Crippen LogP) is 1.21. The van der Waals surface area contributed by atoms with Crippen molar-refractivity contribution >= 4 is 11.9 Å². The first kappa shape index (κ1) is 16.0. The van der Waals surface area contributed by atoms with Gasteiger partial charge in [0.05, 0.1) is 13.0 Å². The lowest BCUT2D eigenvalue weighted by atomic mass is 9.84. The lowest BCUT2D eigenvalue weighted by Gasteiger charge is -2.30. The average Bonchev–Trinajstić information content (AvgIpc) is 2.43. The molecule has 0 heterocycles. The first-order chi connectivity index (χ1) is 9.01. The van der Waals surface area contributed by atoms with Crippen LogP contribution < -0.4 is 11.1 Å². The maximum absolute atomic E-state index is 12.3. The molecule has 0 radical (unpaired) electrons. The van der Waals surface area contributed by atoms with Gasteiger partial charge in [-0.2, -0.15) is 0 Å². The molecule has 0 bridgehead atoms. The summed E-state index contributed by atoms with van der Waals surface area (Å²) >= 11 is 0. The fourth-order valence-corrected chi connectivity index (χ4v) is 2.54. The van der Waals surface area contributed by atoms with Crippen molar-refractivity contribution in [1.82, 2.24) is 5.32 Å². The predicted molar refractivity (Wildman–Crippen MR) is 73.3 cm³/mol. The summed E-state index contributed by atoms with van der Waals surface area (Å²) in [6.45, 7) is 3.92. The van der Waals surface area contributed by atoms with Crippen LogP contribution in [0.3, 0.4) is 0 Å². The van der Waals surface area contributed by atoms with Crippen molar-refractivity contribution in [2.75, 3.05) is 7.11 Å². The third-order valence-corrected chi connectivity index (χ3v) is 4.12. The molecular weight excluding hydrogens is 244 g/mol. The number of carbonyl (C=O) groups excluding carboxylic acids is 2.